The summed E-state index contributed by atoms with van der Waals surface area (Å²) in [5.74, 6) is 0.364. The molecule has 2 aromatic carbocycles. The summed E-state index contributed by atoms with van der Waals surface area (Å²) < 4.78 is 39.9. The third-order valence-electron chi connectivity index (χ3n) is 2.75. The molecule has 0 fully saturated rings. The maximum atomic E-state index is 12.0. The number of alkyl halides is 3. The molecule has 0 heterocycles. The third kappa shape index (κ3) is 6.82. The summed E-state index contributed by atoms with van der Waals surface area (Å²) >= 11 is 1.61. The van der Waals surface area contributed by atoms with Crippen LogP contribution in [0.25, 0.3) is 0 Å². The molecule has 0 aliphatic heterocycles. The van der Waals surface area contributed by atoms with Gasteiger partial charge in [-0.1, -0.05) is 18.2 Å². The van der Waals surface area contributed by atoms with Gasteiger partial charge in [-0.05, 0) is 36.4 Å². The van der Waals surface area contributed by atoms with E-state index in [-0.39, 0.29) is 5.75 Å². The number of anilines is 1. The number of halogens is 3. The third-order valence-corrected chi connectivity index (χ3v) is 3.76. The highest BCUT2D eigenvalue weighted by Crippen LogP contribution is 2.23. The molecule has 24 heavy (non-hydrogen) atoms. The highest BCUT2D eigenvalue weighted by Gasteiger charge is 2.30. The van der Waals surface area contributed by atoms with Crippen molar-refractivity contribution in [3.05, 3.63) is 54.6 Å². The Morgan fingerprint density at radius 2 is 1.71 bits per heavy atom. The number of carbonyl (C=O) groups is 1. The molecule has 2 amide bonds. The van der Waals surface area contributed by atoms with E-state index in [0.717, 1.165) is 17.0 Å². The molecule has 8 heteroatoms. The van der Waals surface area contributed by atoms with E-state index >= 15 is 0 Å². The molecule has 0 atom stereocenters. The Kier molecular flexibility index (Phi) is 6.36. The molecular formula is C16H15F3N2O2S. The molecule has 128 valence electrons. The number of thioether (sulfide) groups is 1. The van der Waals surface area contributed by atoms with Crippen molar-refractivity contribution in [1.82, 2.24) is 5.32 Å². The number of benzene rings is 2. The maximum Gasteiger partial charge on any atom is 0.573 e. The first-order valence-corrected chi connectivity index (χ1v) is 7.99. The molecule has 2 aromatic rings. The molecule has 0 aromatic heterocycles. The topological polar surface area (TPSA) is 50.4 Å². The number of urea groups is 1. The molecule has 0 aliphatic carbocycles. The van der Waals surface area contributed by atoms with Gasteiger partial charge in [0.15, 0.2) is 0 Å². The Balaban J connectivity index is 1.70. The number of rotatable bonds is 6. The molecule has 0 radical (unpaired) electrons. The molecule has 4 nitrogen and oxygen atoms in total. The van der Waals surface area contributed by atoms with Gasteiger partial charge in [0.1, 0.15) is 5.75 Å². The van der Waals surface area contributed by atoms with Crippen molar-refractivity contribution in [2.45, 2.75) is 11.3 Å². The number of ether oxygens (including phenoxy) is 1. The lowest BCUT2D eigenvalue weighted by molar-refractivity contribution is -0.274. The van der Waals surface area contributed by atoms with E-state index in [1.165, 1.54) is 12.1 Å². The van der Waals surface area contributed by atoms with Gasteiger partial charge in [-0.15, -0.1) is 24.9 Å². The summed E-state index contributed by atoms with van der Waals surface area (Å²) in [5.41, 5.74) is 0.373. The Hall–Kier alpha value is -2.35. The summed E-state index contributed by atoms with van der Waals surface area (Å²) in [6.07, 6.45) is -4.73. The minimum Gasteiger partial charge on any atom is -0.406 e. The molecule has 0 saturated heterocycles. The Morgan fingerprint density at radius 3 is 2.33 bits per heavy atom. The molecule has 2 N–H and O–H groups in total. The zero-order valence-corrected chi connectivity index (χ0v) is 13.3. The largest absolute Gasteiger partial charge is 0.573 e. The van der Waals surface area contributed by atoms with Gasteiger partial charge in [0.25, 0.3) is 0 Å². The van der Waals surface area contributed by atoms with Gasteiger partial charge in [0.05, 0.1) is 0 Å². The van der Waals surface area contributed by atoms with Crippen molar-refractivity contribution in [1.29, 1.82) is 0 Å². The van der Waals surface area contributed by atoms with Crippen LogP contribution in [0.3, 0.4) is 0 Å². The van der Waals surface area contributed by atoms with Crippen molar-refractivity contribution in [2.75, 3.05) is 17.6 Å². The second-order valence-corrected chi connectivity index (χ2v) is 5.78. The highest BCUT2D eigenvalue weighted by molar-refractivity contribution is 7.99. The highest BCUT2D eigenvalue weighted by atomic mass is 32.2. The molecule has 2 rings (SSSR count). The summed E-state index contributed by atoms with van der Waals surface area (Å²) in [7, 11) is 0. The summed E-state index contributed by atoms with van der Waals surface area (Å²) in [6, 6.07) is 14.3. The average molecular weight is 356 g/mol. The Labute approximate surface area is 141 Å². The van der Waals surface area contributed by atoms with E-state index in [0.29, 0.717) is 18.0 Å². The van der Waals surface area contributed by atoms with Crippen molar-refractivity contribution in [3.63, 3.8) is 0 Å². The van der Waals surface area contributed by atoms with Gasteiger partial charge in [0.2, 0.25) is 0 Å². The van der Waals surface area contributed by atoms with Crippen molar-refractivity contribution in [3.8, 4) is 5.75 Å². The van der Waals surface area contributed by atoms with E-state index in [1.54, 1.807) is 11.8 Å². The van der Waals surface area contributed by atoms with Crippen LogP contribution in [0.5, 0.6) is 5.75 Å². The molecule has 0 unspecified atom stereocenters. The average Bonchev–Trinajstić information content (AvgIpc) is 2.53. The summed E-state index contributed by atoms with van der Waals surface area (Å²) in [5, 5.41) is 5.21. The van der Waals surface area contributed by atoms with E-state index in [2.05, 4.69) is 15.4 Å². The Morgan fingerprint density at radius 1 is 1.04 bits per heavy atom. The van der Waals surface area contributed by atoms with Gasteiger partial charge in [-0.3, -0.25) is 0 Å². The number of amides is 2. The second-order valence-electron chi connectivity index (χ2n) is 4.61. The predicted molar refractivity (Wildman–Crippen MR) is 87.3 cm³/mol. The van der Waals surface area contributed by atoms with E-state index in [9.17, 15) is 18.0 Å². The van der Waals surface area contributed by atoms with Crippen LogP contribution in [0, 0.1) is 0 Å². The van der Waals surface area contributed by atoms with Crippen LogP contribution in [0.15, 0.2) is 59.5 Å². The van der Waals surface area contributed by atoms with Crippen LogP contribution < -0.4 is 15.4 Å². The lowest BCUT2D eigenvalue weighted by Crippen LogP contribution is -2.30. The van der Waals surface area contributed by atoms with Gasteiger partial charge in [-0.2, -0.15) is 0 Å². The van der Waals surface area contributed by atoms with Gasteiger partial charge < -0.3 is 15.4 Å². The van der Waals surface area contributed by atoms with Crippen LogP contribution >= 0.6 is 11.8 Å². The number of nitrogens with one attached hydrogen (secondary N) is 2. The van der Waals surface area contributed by atoms with Crippen LogP contribution in [0.2, 0.25) is 0 Å². The molecule has 0 saturated carbocycles. The van der Waals surface area contributed by atoms with Crippen LogP contribution in [-0.2, 0) is 0 Å². The van der Waals surface area contributed by atoms with Crippen molar-refractivity contribution < 1.29 is 22.7 Å². The van der Waals surface area contributed by atoms with Gasteiger partial charge in [0, 0.05) is 22.9 Å². The molecule has 0 spiro atoms. The van der Waals surface area contributed by atoms with E-state index in [4.69, 9.17) is 0 Å². The minimum atomic E-state index is -4.73. The first kappa shape index (κ1) is 18.0. The first-order valence-electron chi connectivity index (χ1n) is 7.01. The van der Waals surface area contributed by atoms with E-state index in [1.807, 2.05) is 30.3 Å². The van der Waals surface area contributed by atoms with Gasteiger partial charge in [-0.25, -0.2) is 4.79 Å². The predicted octanol–water partition coefficient (Wildman–Crippen LogP) is 4.50. The van der Waals surface area contributed by atoms with Crippen LogP contribution in [0.4, 0.5) is 23.7 Å². The molecule has 0 aliphatic rings. The fourth-order valence-electron chi connectivity index (χ4n) is 1.77. The summed E-state index contributed by atoms with van der Waals surface area (Å²) in [4.78, 5) is 12.8. The van der Waals surface area contributed by atoms with Crippen LogP contribution in [0.1, 0.15) is 0 Å². The monoisotopic (exact) mass is 356 g/mol. The zero-order valence-electron chi connectivity index (χ0n) is 12.5. The minimum absolute atomic E-state index is 0.340. The van der Waals surface area contributed by atoms with Crippen LogP contribution in [-0.4, -0.2) is 24.7 Å². The number of hydrogen-bond donors (Lipinski definition) is 2. The lowest BCUT2D eigenvalue weighted by atomic mass is 10.3. The Bertz CT molecular complexity index is 649. The zero-order chi connectivity index (χ0) is 17.4. The fraction of sp³-hybridized carbons (Fsp3) is 0.188. The van der Waals surface area contributed by atoms with Crippen molar-refractivity contribution in [2.24, 2.45) is 0 Å². The smallest absolute Gasteiger partial charge is 0.406 e. The summed E-state index contributed by atoms with van der Waals surface area (Å²) in [6.45, 7) is 0.459. The SMILES string of the molecule is O=C(NCCSc1ccccc1)Nc1ccc(OC(F)(F)F)cc1. The van der Waals surface area contributed by atoms with Crippen molar-refractivity contribution >= 4 is 23.5 Å². The van der Waals surface area contributed by atoms with Gasteiger partial charge >= 0.3 is 12.4 Å². The lowest BCUT2D eigenvalue weighted by Gasteiger charge is -2.10. The quantitative estimate of drug-likeness (QED) is 0.592. The number of carbonyl (C=O) groups excluding carboxylic acids is 1. The molecule has 0 bridgehead atoms. The second kappa shape index (κ2) is 8.49. The first-order chi connectivity index (χ1) is 11.4. The van der Waals surface area contributed by atoms with E-state index < -0.39 is 12.4 Å². The fourth-order valence-corrected chi connectivity index (χ4v) is 2.55. The molecular weight excluding hydrogens is 341 g/mol. The number of hydrogen-bond acceptors (Lipinski definition) is 3. The standard InChI is InChI=1S/C16H15F3N2O2S/c17-16(18,19)23-13-8-6-12(7-9-13)21-15(22)20-10-11-24-14-4-2-1-3-5-14/h1-9H,10-11H2,(H2,20,21,22). The maximum absolute atomic E-state index is 12.0. The normalized spacial score (nSPS) is 11.0.